The maximum Gasteiger partial charge on any atom is 0.263 e. The Morgan fingerprint density at radius 1 is 1.38 bits per heavy atom. The van der Waals surface area contributed by atoms with E-state index < -0.39 is 9.05 Å². The lowest BCUT2D eigenvalue weighted by atomic mass is 10.3. The molecular formula is C8H6ClNO2S. The fourth-order valence-electron chi connectivity index (χ4n) is 0.841. The molecule has 0 saturated carbocycles. The van der Waals surface area contributed by atoms with E-state index in [1.807, 2.05) is 0 Å². The molecule has 0 heterocycles. The van der Waals surface area contributed by atoms with Gasteiger partial charge in [-0.05, 0) is 24.6 Å². The fourth-order valence-corrected chi connectivity index (χ4v) is 1.84. The summed E-state index contributed by atoms with van der Waals surface area (Å²) in [4.78, 5) is 3.61. The van der Waals surface area contributed by atoms with E-state index in [1.54, 1.807) is 12.1 Å². The number of halogens is 1. The van der Waals surface area contributed by atoms with E-state index in [0.717, 1.165) is 0 Å². The lowest BCUT2D eigenvalue weighted by Gasteiger charge is -1.98. The fraction of sp³-hybridized carbons (Fsp3) is 0. The van der Waals surface area contributed by atoms with Crippen LogP contribution in [0.15, 0.2) is 40.7 Å². The highest BCUT2D eigenvalue weighted by Gasteiger charge is 2.13. The molecule has 0 spiro atoms. The summed E-state index contributed by atoms with van der Waals surface area (Å²) in [5.74, 6) is 2.25. The smallest absolute Gasteiger partial charge is 0.207 e. The van der Waals surface area contributed by atoms with Crippen LogP contribution in [0.2, 0.25) is 0 Å². The number of para-hydroxylation sites is 1. The van der Waals surface area contributed by atoms with Gasteiger partial charge in [0.1, 0.15) is 4.90 Å². The van der Waals surface area contributed by atoms with Gasteiger partial charge in [-0.1, -0.05) is 12.1 Å². The van der Waals surface area contributed by atoms with E-state index in [0.29, 0.717) is 0 Å². The summed E-state index contributed by atoms with van der Waals surface area (Å²) in [5.41, 5.74) is 0.243. The van der Waals surface area contributed by atoms with Crippen molar-refractivity contribution in [1.29, 1.82) is 0 Å². The van der Waals surface area contributed by atoms with Gasteiger partial charge in [0.15, 0.2) is 0 Å². The second kappa shape index (κ2) is 3.75. The molecule has 0 aromatic heterocycles. The van der Waals surface area contributed by atoms with Crippen LogP contribution in [0.1, 0.15) is 0 Å². The van der Waals surface area contributed by atoms with Crippen LogP contribution in [0.4, 0.5) is 5.69 Å². The molecule has 0 saturated heterocycles. The summed E-state index contributed by atoms with van der Waals surface area (Å²) >= 11 is 0. The van der Waals surface area contributed by atoms with Gasteiger partial charge in [-0.15, -0.1) is 0 Å². The maximum absolute atomic E-state index is 11.0. The molecule has 0 aliphatic heterocycles. The number of aliphatic imine (C=N–C) groups is 1. The standard InChI is InChI=1S/C8H6ClNO2S/c1-2-10-7-5-3-4-6-8(7)13(9,11)12/h3-6H,1H2. The first-order valence-electron chi connectivity index (χ1n) is 3.32. The summed E-state index contributed by atoms with van der Waals surface area (Å²) in [6, 6.07) is 6.12. The van der Waals surface area contributed by atoms with Crippen molar-refractivity contribution in [2.75, 3.05) is 0 Å². The van der Waals surface area contributed by atoms with Crippen molar-refractivity contribution in [3.8, 4) is 0 Å². The molecule has 0 unspecified atom stereocenters. The van der Waals surface area contributed by atoms with Gasteiger partial charge in [0, 0.05) is 10.7 Å². The third kappa shape index (κ3) is 2.42. The molecule has 1 rings (SSSR count). The zero-order valence-electron chi connectivity index (χ0n) is 6.57. The Morgan fingerprint density at radius 3 is 2.54 bits per heavy atom. The zero-order chi connectivity index (χ0) is 9.90. The van der Waals surface area contributed by atoms with Crippen molar-refractivity contribution in [1.82, 2.24) is 0 Å². The highest BCUT2D eigenvalue weighted by atomic mass is 35.7. The van der Waals surface area contributed by atoms with E-state index in [-0.39, 0.29) is 10.6 Å². The van der Waals surface area contributed by atoms with Gasteiger partial charge in [-0.3, -0.25) is 0 Å². The lowest BCUT2D eigenvalue weighted by Crippen LogP contribution is -1.90. The van der Waals surface area contributed by atoms with Crippen LogP contribution in [-0.2, 0) is 9.05 Å². The first kappa shape index (κ1) is 9.99. The number of hydrogen-bond donors (Lipinski definition) is 0. The van der Waals surface area contributed by atoms with E-state index in [1.165, 1.54) is 12.1 Å². The van der Waals surface area contributed by atoms with Gasteiger partial charge in [-0.25, -0.2) is 13.4 Å². The van der Waals surface area contributed by atoms with Gasteiger partial charge in [0.25, 0.3) is 9.05 Å². The average Bonchev–Trinajstić information content (AvgIpc) is 2.04. The van der Waals surface area contributed by atoms with Crippen LogP contribution in [0.5, 0.6) is 0 Å². The van der Waals surface area contributed by atoms with E-state index in [9.17, 15) is 8.42 Å². The predicted octanol–water partition coefficient (Wildman–Crippen LogP) is 2.10. The Bertz CT molecular complexity index is 461. The van der Waals surface area contributed by atoms with Gasteiger partial charge in [0.05, 0.1) is 5.69 Å². The van der Waals surface area contributed by atoms with Crippen LogP contribution in [-0.4, -0.2) is 14.3 Å². The largest absolute Gasteiger partial charge is 0.263 e. The SMILES string of the molecule is C=C=Nc1ccccc1S(=O)(=O)Cl. The molecule has 68 valence electrons. The molecule has 0 bridgehead atoms. The normalized spacial score (nSPS) is 10.5. The van der Waals surface area contributed by atoms with Crippen molar-refractivity contribution in [3.63, 3.8) is 0 Å². The minimum absolute atomic E-state index is 0.0344. The number of nitrogens with zero attached hydrogens (tertiary/aromatic N) is 1. The van der Waals surface area contributed by atoms with Gasteiger partial charge < -0.3 is 0 Å². The summed E-state index contributed by atoms with van der Waals surface area (Å²) in [5, 5.41) is 0. The van der Waals surface area contributed by atoms with Gasteiger partial charge >= 0.3 is 0 Å². The summed E-state index contributed by atoms with van der Waals surface area (Å²) < 4.78 is 22.0. The maximum atomic E-state index is 11.0. The molecule has 5 heteroatoms. The first-order valence-corrected chi connectivity index (χ1v) is 5.63. The summed E-state index contributed by atoms with van der Waals surface area (Å²) in [6.45, 7) is 3.25. The molecule has 0 radical (unpaired) electrons. The van der Waals surface area contributed by atoms with Gasteiger partial charge in [-0.2, -0.15) is 0 Å². The molecule has 0 N–H and O–H groups in total. The molecular weight excluding hydrogens is 210 g/mol. The molecule has 0 atom stereocenters. The molecule has 1 aromatic rings. The van der Waals surface area contributed by atoms with Crippen LogP contribution >= 0.6 is 10.7 Å². The molecule has 13 heavy (non-hydrogen) atoms. The Hall–Kier alpha value is -1.09. The number of rotatable bonds is 2. The average molecular weight is 216 g/mol. The highest BCUT2D eigenvalue weighted by molar-refractivity contribution is 8.13. The highest BCUT2D eigenvalue weighted by Crippen LogP contribution is 2.25. The Kier molecular flexibility index (Phi) is 2.88. The minimum atomic E-state index is -3.74. The Balaban J connectivity index is 3.45. The first-order chi connectivity index (χ1) is 6.05. The summed E-state index contributed by atoms with van der Waals surface area (Å²) in [6.07, 6.45) is 0. The topological polar surface area (TPSA) is 46.5 Å². The van der Waals surface area contributed by atoms with E-state index >= 15 is 0 Å². The third-order valence-electron chi connectivity index (χ3n) is 1.33. The van der Waals surface area contributed by atoms with Crippen molar-refractivity contribution in [3.05, 3.63) is 30.8 Å². The van der Waals surface area contributed by atoms with E-state index in [4.69, 9.17) is 10.7 Å². The van der Waals surface area contributed by atoms with Crippen LogP contribution in [0, 0.1) is 0 Å². The predicted molar refractivity (Wildman–Crippen MR) is 52.2 cm³/mol. The van der Waals surface area contributed by atoms with Crippen LogP contribution in [0.25, 0.3) is 0 Å². The molecule has 0 fully saturated rings. The molecule has 1 aromatic carbocycles. The van der Waals surface area contributed by atoms with Crippen molar-refractivity contribution < 1.29 is 8.42 Å². The van der Waals surface area contributed by atoms with Crippen molar-refractivity contribution >= 4 is 31.3 Å². The number of hydrogen-bond acceptors (Lipinski definition) is 3. The second-order valence-corrected chi connectivity index (χ2v) is 4.71. The molecule has 0 aliphatic rings. The van der Waals surface area contributed by atoms with E-state index in [2.05, 4.69) is 17.4 Å². The molecule has 0 amide bonds. The Morgan fingerprint density at radius 2 is 2.00 bits per heavy atom. The monoisotopic (exact) mass is 215 g/mol. The summed E-state index contributed by atoms with van der Waals surface area (Å²) in [7, 11) is 1.42. The minimum Gasteiger partial charge on any atom is -0.207 e. The van der Waals surface area contributed by atoms with Crippen molar-refractivity contribution in [2.24, 2.45) is 4.99 Å². The number of benzene rings is 1. The second-order valence-electron chi connectivity index (χ2n) is 2.18. The zero-order valence-corrected chi connectivity index (χ0v) is 8.14. The van der Waals surface area contributed by atoms with Crippen LogP contribution in [0.3, 0.4) is 0 Å². The lowest BCUT2D eigenvalue weighted by molar-refractivity contribution is 0.610. The molecule has 3 nitrogen and oxygen atoms in total. The third-order valence-corrected chi connectivity index (χ3v) is 2.70. The van der Waals surface area contributed by atoms with Crippen molar-refractivity contribution in [2.45, 2.75) is 4.90 Å². The quantitative estimate of drug-likeness (QED) is 0.560. The van der Waals surface area contributed by atoms with Gasteiger partial charge in [0.2, 0.25) is 0 Å². The Labute approximate surface area is 80.8 Å². The molecule has 0 aliphatic carbocycles. The van der Waals surface area contributed by atoms with Crippen LogP contribution < -0.4 is 0 Å².